The Labute approximate surface area is 123 Å². The van der Waals surface area contributed by atoms with Crippen LogP contribution in [0.15, 0.2) is 24.3 Å². The molecule has 1 saturated carbocycles. The number of hydrogen-bond acceptors (Lipinski definition) is 3. The minimum Gasteiger partial charge on any atom is -0.508 e. The molecular formula is C16H20N2O3. The van der Waals surface area contributed by atoms with E-state index in [-0.39, 0.29) is 23.6 Å². The third-order valence-electron chi connectivity index (χ3n) is 4.27. The first-order valence-corrected chi connectivity index (χ1v) is 7.49. The molecule has 0 bridgehead atoms. The number of aromatic hydroxyl groups is 1. The van der Waals surface area contributed by atoms with Gasteiger partial charge in [-0.25, -0.2) is 0 Å². The Morgan fingerprint density at radius 2 is 1.90 bits per heavy atom. The summed E-state index contributed by atoms with van der Waals surface area (Å²) in [5, 5.41) is 12.2. The van der Waals surface area contributed by atoms with Crippen molar-refractivity contribution in [1.82, 2.24) is 10.2 Å². The molecule has 1 saturated heterocycles. The topological polar surface area (TPSA) is 69.6 Å². The Hall–Kier alpha value is -2.04. The van der Waals surface area contributed by atoms with E-state index in [1.807, 2.05) is 6.92 Å². The Kier molecular flexibility index (Phi) is 3.57. The van der Waals surface area contributed by atoms with Gasteiger partial charge in [-0.1, -0.05) is 19.1 Å². The third-order valence-corrected chi connectivity index (χ3v) is 4.27. The number of rotatable bonds is 4. The lowest BCUT2D eigenvalue weighted by atomic mass is 10.0. The molecule has 2 atom stereocenters. The minimum absolute atomic E-state index is 0.00192. The third kappa shape index (κ3) is 2.73. The fourth-order valence-electron chi connectivity index (χ4n) is 2.93. The van der Waals surface area contributed by atoms with Crippen LogP contribution in [-0.4, -0.2) is 33.9 Å². The van der Waals surface area contributed by atoms with E-state index in [0.717, 1.165) is 18.4 Å². The number of hydrogen-bond donors (Lipinski definition) is 2. The van der Waals surface area contributed by atoms with Crippen LogP contribution in [0.3, 0.4) is 0 Å². The van der Waals surface area contributed by atoms with Gasteiger partial charge in [0.05, 0.1) is 0 Å². The van der Waals surface area contributed by atoms with Crippen molar-refractivity contribution in [3.8, 4) is 5.75 Å². The van der Waals surface area contributed by atoms with Gasteiger partial charge in [0.2, 0.25) is 11.8 Å². The number of benzene rings is 1. The monoisotopic (exact) mass is 288 g/mol. The van der Waals surface area contributed by atoms with Crippen molar-refractivity contribution in [1.29, 1.82) is 0 Å². The number of nitrogens with zero attached hydrogens (tertiary/aromatic N) is 1. The molecule has 3 rings (SSSR count). The SMILES string of the molecule is CCC1NC(=O)C(C2CC2)N(Cc2ccc(O)cc2)C1=O. The lowest BCUT2D eigenvalue weighted by molar-refractivity contribution is -0.151. The predicted molar refractivity (Wildman–Crippen MR) is 77.4 cm³/mol. The number of amides is 2. The number of phenols is 1. The molecule has 2 amide bonds. The molecule has 2 fully saturated rings. The summed E-state index contributed by atoms with van der Waals surface area (Å²) in [6.45, 7) is 2.32. The zero-order valence-corrected chi connectivity index (χ0v) is 12.1. The summed E-state index contributed by atoms with van der Waals surface area (Å²) in [4.78, 5) is 26.6. The number of nitrogens with one attached hydrogen (secondary N) is 1. The zero-order valence-electron chi connectivity index (χ0n) is 12.1. The molecule has 0 spiro atoms. The van der Waals surface area contributed by atoms with Crippen LogP contribution in [0, 0.1) is 5.92 Å². The van der Waals surface area contributed by atoms with Gasteiger partial charge in [-0.3, -0.25) is 9.59 Å². The van der Waals surface area contributed by atoms with E-state index in [0.29, 0.717) is 18.9 Å². The number of piperazine rings is 1. The van der Waals surface area contributed by atoms with Crippen molar-refractivity contribution in [2.75, 3.05) is 0 Å². The van der Waals surface area contributed by atoms with Crippen LogP contribution in [0.4, 0.5) is 0 Å². The van der Waals surface area contributed by atoms with Gasteiger partial charge in [-0.15, -0.1) is 0 Å². The molecule has 1 aliphatic heterocycles. The van der Waals surface area contributed by atoms with Crippen molar-refractivity contribution >= 4 is 11.8 Å². The van der Waals surface area contributed by atoms with E-state index in [2.05, 4.69) is 5.32 Å². The Morgan fingerprint density at radius 3 is 2.48 bits per heavy atom. The van der Waals surface area contributed by atoms with Gasteiger partial charge in [0.15, 0.2) is 0 Å². The average molecular weight is 288 g/mol. The second-order valence-corrected chi connectivity index (χ2v) is 5.88. The standard InChI is InChI=1S/C16H20N2O3/c1-2-13-16(21)18(9-10-3-7-12(19)8-4-10)14(11-5-6-11)15(20)17-13/h3-4,7-8,11,13-14,19H,2,5-6,9H2,1H3,(H,17,20). The summed E-state index contributed by atoms with van der Waals surface area (Å²) in [6.07, 6.45) is 2.62. The lowest BCUT2D eigenvalue weighted by Crippen LogP contribution is -2.63. The number of carbonyl (C=O) groups is 2. The molecule has 5 heteroatoms. The van der Waals surface area contributed by atoms with Gasteiger partial charge in [-0.2, -0.15) is 0 Å². The predicted octanol–water partition coefficient (Wildman–Crippen LogP) is 1.41. The maximum atomic E-state index is 12.6. The average Bonchev–Trinajstić information content (AvgIpc) is 3.29. The largest absolute Gasteiger partial charge is 0.508 e. The molecule has 1 aromatic carbocycles. The molecule has 1 heterocycles. The molecule has 1 aliphatic carbocycles. The minimum atomic E-state index is -0.412. The van der Waals surface area contributed by atoms with Crippen molar-refractivity contribution < 1.29 is 14.7 Å². The summed E-state index contributed by atoms with van der Waals surface area (Å²) < 4.78 is 0. The molecule has 2 aliphatic rings. The Bertz CT molecular complexity index is 551. The Balaban J connectivity index is 1.84. The first-order valence-electron chi connectivity index (χ1n) is 7.49. The summed E-state index contributed by atoms with van der Waals surface area (Å²) >= 11 is 0. The van der Waals surface area contributed by atoms with E-state index in [1.54, 1.807) is 29.2 Å². The van der Waals surface area contributed by atoms with Crippen LogP contribution in [0.5, 0.6) is 5.75 Å². The van der Waals surface area contributed by atoms with E-state index in [1.165, 1.54) is 0 Å². The highest BCUT2D eigenvalue weighted by atomic mass is 16.3. The molecule has 0 radical (unpaired) electrons. The van der Waals surface area contributed by atoms with Crippen molar-refractivity contribution in [2.45, 2.75) is 44.8 Å². The van der Waals surface area contributed by atoms with Crippen LogP contribution >= 0.6 is 0 Å². The highest BCUT2D eigenvalue weighted by Gasteiger charge is 2.47. The molecule has 112 valence electrons. The van der Waals surface area contributed by atoms with E-state index >= 15 is 0 Å². The maximum absolute atomic E-state index is 12.6. The highest BCUT2D eigenvalue weighted by Crippen LogP contribution is 2.37. The molecule has 2 N–H and O–H groups in total. The van der Waals surface area contributed by atoms with Gasteiger partial charge < -0.3 is 15.3 Å². The molecular weight excluding hydrogens is 268 g/mol. The summed E-state index contributed by atoms with van der Waals surface area (Å²) in [7, 11) is 0. The molecule has 0 aromatic heterocycles. The van der Waals surface area contributed by atoms with Crippen molar-refractivity contribution in [3.05, 3.63) is 29.8 Å². The first kappa shape index (κ1) is 13.9. The second kappa shape index (κ2) is 5.39. The van der Waals surface area contributed by atoms with Gasteiger partial charge in [0, 0.05) is 6.54 Å². The normalized spacial score (nSPS) is 25.9. The van der Waals surface area contributed by atoms with Gasteiger partial charge in [-0.05, 0) is 42.9 Å². The van der Waals surface area contributed by atoms with Crippen LogP contribution in [0.2, 0.25) is 0 Å². The van der Waals surface area contributed by atoms with E-state index < -0.39 is 6.04 Å². The smallest absolute Gasteiger partial charge is 0.246 e. The quantitative estimate of drug-likeness (QED) is 0.880. The molecule has 5 nitrogen and oxygen atoms in total. The molecule has 2 unspecified atom stereocenters. The number of phenolic OH excluding ortho intramolecular Hbond substituents is 1. The van der Waals surface area contributed by atoms with Crippen LogP contribution in [0.25, 0.3) is 0 Å². The van der Waals surface area contributed by atoms with Crippen molar-refractivity contribution in [2.24, 2.45) is 5.92 Å². The fraction of sp³-hybridized carbons (Fsp3) is 0.500. The first-order chi connectivity index (χ1) is 10.1. The van der Waals surface area contributed by atoms with E-state index in [9.17, 15) is 14.7 Å². The molecule has 21 heavy (non-hydrogen) atoms. The highest BCUT2D eigenvalue weighted by molar-refractivity contribution is 5.97. The number of carbonyl (C=O) groups excluding carboxylic acids is 2. The van der Waals surface area contributed by atoms with Crippen LogP contribution < -0.4 is 5.32 Å². The van der Waals surface area contributed by atoms with Gasteiger partial charge >= 0.3 is 0 Å². The summed E-state index contributed by atoms with van der Waals surface area (Å²) in [5.41, 5.74) is 0.927. The Morgan fingerprint density at radius 1 is 1.24 bits per heavy atom. The zero-order chi connectivity index (χ0) is 15.0. The maximum Gasteiger partial charge on any atom is 0.246 e. The van der Waals surface area contributed by atoms with Crippen LogP contribution in [0.1, 0.15) is 31.7 Å². The lowest BCUT2D eigenvalue weighted by Gasteiger charge is -2.39. The van der Waals surface area contributed by atoms with Gasteiger partial charge in [0.25, 0.3) is 0 Å². The van der Waals surface area contributed by atoms with E-state index in [4.69, 9.17) is 0 Å². The fourth-order valence-corrected chi connectivity index (χ4v) is 2.93. The summed E-state index contributed by atoms with van der Waals surface area (Å²) in [6, 6.07) is 6.04. The summed E-state index contributed by atoms with van der Waals surface area (Å²) in [5.74, 6) is 0.473. The van der Waals surface area contributed by atoms with Crippen LogP contribution in [-0.2, 0) is 16.1 Å². The van der Waals surface area contributed by atoms with Gasteiger partial charge in [0.1, 0.15) is 17.8 Å². The second-order valence-electron chi connectivity index (χ2n) is 5.88. The molecule has 1 aromatic rings. The van der Waals surface area contributed by atoms with Crippen molar-refractivity contribution in [3.63, 3.8) is 0 Å².